The molecule has 1 atom stereocenters. The number of rotatable bonds is 6. The van der Waals surface area contributed by atoms with Gasteiger partial charge in [-0.25, -0.2) is 4.39 Å². The molecule has 4 nitrogen and oxygen atoms in total. The Kier molecular flexibility index (Phi) is 6.08. The summed E-state index contributed by atoms with van der Waals surface area (Å²) < 4.78 is 12.8. The van der Waals surface area contributed by atoms with E-state index in [0.717, 1.165) is 50.8 Å². The summed E-state index contributed by atoms with van der Waals surface area (Å²) in [6, 6.07) is 2.99. The Labute approximate surface area is 127 Å². The van der Waals surface area contributed by atoms with Crippen LogP contribution in [0.5, 0.6) is 0 Å². The molecular weight excluding hydrogens is 267 g/mol. The van der Waals surface area contributed by atoms with E-state index in [2.05, 4.69) is 28.6 Å². The first-order valence-electron chi connectivity index (χ1n) is 7.86. The lowest BCUT2D eigenvalue weighted by atomic mass is 10.1. The molecule has 21 heavy (non-hydrogen) atoms. The fourth-order valence-corrected chi connectivity index (χ4v) is 2.79. The van der Waals surface area contributed by atoms with Crippen molar-refractivity contribution in [2.45, 2.75) is 26.3 Å². The molecule has 0 bridgehead atoms. The molecule has 2 rings (SSSR count). The highest BCUT2D eigenvalue weighted by atomic mass is 19.1. The quantitative estimate of drug-likeness (QED) is 0.870. The summed E-state index contributed by atoms with van der Waals surface area (Å²) in [6.45, 7) is 11.2. The van der Waals surface area contributed by atoms with E-state index in [1.54, 1.807) is 6.07 Å². The van der Waals surface area contributed by atoms with Crippen LogP contribution >= 0.6 is 0 Å². The average Bonchev–Trinajstić information content (AvgIpc) is 2.46. The van der Waals surface area contributed by atoms with Crippen molar-refractivity contribution < 1.29 is 4.39 Å². The number of aromatic nitrogens is 1. The number of nitrogens with zero attached hydrogens (tertiary/aromatic N) is 3. The lowest BCUT2D eigenvalue weighted by Gasteiger charge is -2.35. The van der Waals surface area contributed by atoms with Gasteiger partial charge in [0.1, 0.15) is 5.82 Å². The molecule has 0 aromatic carbocycles. The minimum Gasteiger partial charge on any atom is -0.323 e. The van der Waals surface area contributed by atoms with Gasteiger partial charge in [-0.05, 0) is 24.5 Å². The molecule has 1 aliphatic rings. The van der Waals surface area contributed by atoms with Crippen molar-refractivity contribution >= 4 is 0 Å². The highest BCUT2D eigenvalue weighted by Gasteiger charge is 2.18. The lowest BCUT2D eigenvalue weighted by Crippen LogP contribution is -2.47. The Hall–Kier alpha value is -1.04. The second kappa shape index (κ2) is 7.82. The van der Waals surface area contributed by atoms with Gasteiger partial charge in [0, 0.05) is 45.3 Å². The first-order chi connectivity index (χ1) is 10.0. The highest BCUT2D eigenvalue weighted by Crippen LogP contribution is 2.13. The molecule has 2 N–H and O–H groups in total. The molecule has 0 aliphatic carbocycles. The van der Waals surface area contributed by atoms with Crippen molar-refractivity contribution in [3.63, 3.8) is 0 Å². The number of pyridine rings is 1. The molecule has 2 heterocycles. The zero-order chi connectivity index (χ0) is 15.2. The van der Waals surface area contributed by atoms with Gasteiger partial charge in [0.05, 0.1) is 11.9 Å². The van der Waals surface area contributed by atoms with E-state index in [1.807, 2.05) is 0 Å². The summed E-state index contributed by atoms with van der Waals surface area (Å²) in [6.07, 6.45) is 2.10. The Morgan fingerprint density at radius 3 is 2.43 bits per heavy atom. The average molecular weight is 294 g/mol. The van der Waals surface area contributed by atoms with Gasteiger partial charge >= 0.3 is 0 Å². The number of hydrogen-bond acceptors (Lipinski definition) is 4. The molecule has 1 fully saturated rings. The maximum Gasteiger partial charge on any atom is 0.141 e. The third-order valence-corrected chi connectivity index (χ3v) is 3.97. The molecule has 0 spiro atoms. The molecular formula is C16H27FN4. The first-order valence-corrected chi connectivity index (χ1v) is 7.86. The van der Waals surface area contributed by atoms with E-state index in [4.69, 9.17) is 5.73 Å². The van der Waals surface area contributed by atoms with Gasteiger partial charge in [0.15, 0.2) is 0 Å². The summed E-state index contributed by atoms with van der Waals surface area (Å²) in [5, 5.41) is 0. The van der Waals surface area contributed by atoms with Gasteiger partial charge in [-0.1, -0.05) is 13.8 Å². The van der Waals surface area contributed by atoms with Crippen LogP contribution in [-0.4, -0.2) is 54.1 Å². The van der Waals surface area contributed by atoms with Crippen molar-refractivity contribution in [1.29, 1.82) is 0 Å². The van der Waals surface area contributed by atoms with E-state index in [1.165, 1.54) is 18.8 Å². The normalized spacial score (nSPS) is 19.1. The van der Waals surface area contributed by atoms with Crippen molar-refractivity contribution in [2.24, 2.45) is 11.7 Å². The van der Waals surface area contributed by atoms with Gasteiger partial charge in [-0.3, -0.25) is 4.98 Å². The second-order valence-electron chi connectivity index (χ2n) is 6.33. The van der Waals surface area contributed by atoms with Gasteiger partial charge in [0.2, 0.25) is 0 Å². The fraction of sp³-hybridized carbons (Fsp3) is 0.688. The zero-order valence-corrected chi connectivity index (χ0v) is 13.1. The largest absolute Gasteiger partial charge is 0.323 e. The minimum atomic E-state index is -0.313. The van der Waals surface area contributed by atoms with Crippen LogP contribution in [0.25, 0.3) is 0 Å². The van der Waals surface area contributed by atoms with Crippen LogP contribution in [0.3, 0.4) is 0 Å². The van der Waals surface area contributed by atoms with Crippen molar-refractivity contribution in [1.82, 2.24) is 14.8 Å². The third-order valence-electron chi connectivity index (χ3n) is 3.97. The maximum absolute atomic E-state index is 12.8. The van der Waals surface area contributed by atoms with Crippen LogP contribution in [0.2, 0.25) is 0 Å². The molecule has 1 aromatic rings. The number of piperazine rings is 1. The third kappa shape index (κ3) is 5.34. The van der Waals surface area contributed by atoms with Crippen LogP contribution in [0.1, 0.15) is 32.0 Å². The van der Waals surface area contributed by atoms with Crippen molar-refractivity contribution in [3.05, 3.63) is 29.8 Å². The SMILES string of the molecule is CC(C)CN1CCN(CCC(N)c2ccc(F)cn2)CC1. The topological polar surface area (TPSA) is 45.4 Å². The Morgan fingerprint density at radius 1 is 1.19 bits per heavy atom. The molecule has 1 unspecified atom stereocenters. The van der Waals surface area contributed by atoms with E-state index in [9.17, 15) is 4.39 Å². The molecule has 1 aromatic heterocycles. The van der Waals surface area contributed by atoms with Crippen LogP contribution < -0.4 is 5.73 Å². The zero-order valence-electron chi connectivity index (χ0n) is 13.1. The van der Waals surface area contributed by atoms with Gasteiger partial charge in [0.25, 0.3) is 0 Å². The van der Waals surface area contributed by atoms with Crippen LogP contribution in [0, 0.1) is 11.7 Å². The van der Waals surface area contributed by atoms with Crippen molar-refractivity contribution in [3.8, 4) is 0 Å². The maximum atomic E-state index is 12.8. The summed E-state index contributed by atoms with van der Waals surface area (Å²) in [5.41, 5.74) is 6.91. The molecule has 1 aliphatic heterocycles. The second-order valence-corrected chi connectivity index (χ2v) is 6.33. The predicted molar refractivity (Wildman–Crippen MR) is 83.5 cm³/mol. The molecule has 0 amide bonds. The Balaban J connectivity index is 1.70. The Morgan fingerprint density at radius 2 is 1.86 bits per heavy atom. The minimum absolute atomic E-state index is 0.112. The summed E-state index contributed by atoms with van der Waals surface area (Å²) in [4.78, 5) is 9.05. The summed E-state index contributed by atoms with van der Waals surface area (Å²) >= 11 is 0. The van der Waals surface area contributed by atoms with Gasteiger partial charge < -0.3 is 15.5 Å². The van der Waals surface area contributed by atoms with Crippen LogP contribution in [0.15, 0.2) is 18.3 Å². The molecule has 0 saturated carbocycles. The van der Waals surface area contributed by atoms with Crippen molar-refractivity contribution in [2.75, 3.05) is 39.3 Å². The first kappa shape index (κ1) is 16.3. The number of nitrogens with two attached hydrogens (primary N) is 1. The van der Waals surface area contributed by atoms with E-state index in [0.29, 0.717) is 0 Å². The predicted octanol–water partition coefficient (Wildman–Crippen LogP) is 1.88. The monoisotopic (exact) mass is 294 g/mol. The van der Waals surface area contributed by atoms with Crippen LogP contribution in [0.4, 0.5) is 4.39 Å². The van der Waals surface area contributed by atoms with Gasteiger partial charge in [-0.2, -0.15) is 0 Å². The Bertz CT molecular complexity index is 413. The summed E-state index contributed by atoms with van der Waals surface area (Å²) in [7, 11) is 0. The van der Waals surface area contributed by atoms with Gasteiger partial charge in [-0.15, -0.1) is 0 Å². The molecule has 0 radical (unpaired) electrons. The fourth-order valence-electron chi connectivity index (χ4n) is 2.79. The smallest absolute Gasteiger partial charge is 0.141 e. The van der Waals surface area contributed by atoms with E-state index < -0.39 is 0 Å². The van der Waals surface area contributed by atoms with E-state index in [-0.39, 0.29) is 11.9 Å². The standard InChI is InChI=1S/C16H27FN4/c1-13(2)12-21-9-7-20(8-10-21)6-5-15(18)16-4-3-14(17)11-19-16/h3-4,11,13,15H,5-10,12,18H2,1-2H3. The lowest BCUT2D eigenvalue weighted by molar-refractivity contribution is 0.120. The van der Waals surface area contributed by atoms with Crippen LogP contribution in [-0.2, 0) is 0 Å². The molecule has 5 heteroatoms. The summed E-state index contributed by atoms with van der Waals surface area (Å²) in [5.74, 6) is 0.418. The highest BCUT2D eigenvalue weighted by molar-refractivity contribution is 5.09. The number of halogens is 1. The molecule has 118 valence electrons. The molecule has 1 saturated heterocycles. The van der Waals surface area contributed by atoms with E-state index >= 15 is 0 Å². The number of hydrogen-bond donors (Lipinski definition) is 1.